The van der Waals surface area contributed by atoms with Gasteiger partial charge in [-0.2, -0.15) is 13.2 Å². The maximum Gasteiger partial charge on any atom is 0.416 e. The van der Waals surface area contributed by atoms with E-state index in [1.165, 1.54) is 12.1 Å². The van der Waals surface area contributed by atoms with Crippen LogP contribution in [-0.2, 0) is 6.18 Å². The minimum atomic E-state index is -4.34. The molecule has 0 aliphatic carbocycles. The third-order valence-corrected chi connectivity index (χ3v) is 2.51. The minimum absolute atomic E-state index is 0.180. The highest BCUT2D eigenvalue weighted by Gasteiger charge is 2.29. The van der Waals surface area contributed by atoms with Gasteiger partial charge in [0.05, 0.1) is 11.3 Å². The monoisotopic (exact) mass is 264 g/mol. The predicted octanol–water partition coefficient (Wildman–Crippen LogP) is 3.74. The number of amidine groups is 1. The predicted molar refractivity (Wildman–Crippen MR) is 68.3 cm³/mol. The van der Waals surface area contributed by atoms with Crippen LogP contribution in [0.2, 0.25) is 0 Å². The van der Waals surface area contributed by atoms with Gasteiger partial charge >= 0.3 is 6.18 Å². The molecule has 0 amide bonds. The third-order valence-electron chi connectivity index (χ3n) is 2.51. The molecule has 5 heteroatoms. The fourth-order valence-corrected chi connectivity index (χ4v) is 1.54. The summed E-state index contributed by atoms with van der Waals surface area (Å²) in [5.41, 5.74) is 6.16. The average molecular weight is 264 g/mol. The molecule has 98 valence electrons. The van der Waals surface area contributed by atoms with Crippen molar-refractivity contribution in [1.82, 2.24) is 0 Å². The molecule has 0 fully saturated rings. The Morgan fingerprint density at radius 3 is 2.00 bits per heavy atom. The zero-order valence-electron chi connectivity index (χ0n) is 9.85. The number of benzene rings is 2. The van der Waals surface area contributed by atoms with Crippen LogP contribution in [0.3, 0.4) is 0 Å². The molecule has 0 atom stereocenters. The Kier molecular flexibility index (Phi) is 3.55. The number of halogens is 3. The van der Waals surface area contributed by atoms with Crippen molar-refractivity contribution in [3.8, 4) is 0 Å². The number of nitrogens with two attached hydrogens (primary N) is 1. The first-order chi connectivity index (χ1) is 8.97. The van der Waals surface area contributed by atoms with E-state index in [0.29, 0.717) is 11.3 Å². The second-order valence-corrected chi connectivity index (χ2v) is 3.91. The lowest BCUT2D eigenvalue weighted by molar-refractivity contribution is -0.137. The average Bonchev–Trinajstić information content (AvgIpc) is 2.39. The van der Waals surface area contributed by atoms with E-state index >= 15 is 0 Å². The summed E-state index contributed by atoms with van der Waals surface area (Å²) in [4.78, 5) is 4.13. The number of alkyl halides is 3. The minimum Gasteiger partial charge on any atom is -0.383 e. The van der Waals surface area contributed by atoms with Crippen molar-refractivity contribution in [2.45, 2.75) is 6.18 Å². The Bertz CT molecular complexity index is 572. The van der Waals surface area contributed by atoms with Gasteiger partial charge in [0.1, 0.15) is 5.84 Å². The van der Waals surface area contributed by atoms with Gasteiger partial charge in [-0.15, -0.1) is 0 Å². The van der Waals surface area contributed by atoms with Gasteiger partial charge in [0.15, 0.2) is 0 Å². The molecule has 0 spiro atoms. The number of hydrogen-bond donors (Lipinski definition) is 1. The van der Waals surface area contributed by atoms with Gasteiger partial charge in [0.25, 0.3) is 0 Å². The summed E-state index contributed by atoms with van der Waals surface area (Å²) in [6, 6.07) is 13.6. The van der Waals surface area contributed by atoms with Crippen molar-refractivity contribution < 1.29 is 13.2 Å². The summed E-state index contributed by atoms with van der Waals surface area (Å²) >= 11 is 0. The van der Waals surface area contributed by atoms with Crippen molar-refractivity contribution in [2.24, 2.45) is 10.7 Å². The van der Waals surface area contributed by atoms with Crippen LogP contribution in [0, 0.1) is 0 Å². The lowest BCUT2D eigenvalue weighted by atomic mass is 10.1. The molecule has 2 N–H and O–H groups in total. The molecule has 0 heterocycles. The number of aliphatic imine (C=N–C) groups is 1. The molecule has 0 bridgehead atoms. The summed E-state index contributed by atoms with van der Waals surface area (Å²) < 4.78 is 37.2. The van der Waals surface area contributed by atoms with Gasteiger partial charge < -0.3 is 5.73 Å². The lowest BCUT2D eigenvalue weighted by Gasteiger charge is -2.07. The van der Waals surface area contributed by atoms with Crippen LogP contribution in [0.5, 0.6) is 0 Å². The summed E-state index contributed by atoms with van der Waals surface area (Å²) in [5.74, 6) is 0.180. The number of nitrogens with zero attached hydrogens (tertiary/aromatic N) is 1. The number of rotatable bonds is 2. The highest BCUT2D eigenvalue weighted by atomic mass is 19.4. The maximum absolute atomic E-state index is 12.4. The van der Waals surface area contributed by atoms with Crippen molar-refractivity contribution >= 4 is 11.5 Å². The molecule has 0 aliphatic heterocycles. The summed E-state index contributed by atoms with van der Waals surface area (Å²) in [5, 5.41) is 0. The Labute approximate surface area is 108 Å². The smallest absolute Gasteiger partial charge is 0.383 e. The highest BCUT2D eigenvalue weighted by molar-refractivity contribution is 5.99. The lowest BCUT2D eigenvalue weighted by Crippen LogP contribution is -2.13. The SMILES string of the molecule is NC(=Nc1ccccc1)c1ccc(C(F)(F)F)cc1. The molecule has 2 rings (SSSR count). The van der Waals surface area contributed by atoms with Crippen LogP contribution in [0.1, 0.15) is 11.1 Å². The van der Waals surface area contributed by atoms with E-state index in [1.807, 2.05) is 6.07 Å². The largest absolute Gasteiger partial charge is 0.416 e. The molecular weight excluding hydrogens is 253 g/mol. The van der Waals surface area contributed by atoms with Crippen LogP contribution < -0.4 is 5.73 Å². The van der Waals surface area contributed by atoms with Crippen molar-refractivity contribution in [3.63, 3.8) is 0 Å². The van der Waals surface area contributed by atoms with E-state index in [4.69, 9.17) is 5.73 Å². The molecule has 0 aliphatic rings. The summed E-state index contributed by atoms with van der Waals surface area (Å²) in [7, 11) is 0. The van der Waals surface area contributed by atoms with Gasteiger partial charge in [0.2, 0.25) is 0 Å². The Morgan fingerprint density at radius 1 is 0.895 bits per heavy atom. The highest BCUT2D eigenvalue weighted by Crippen LogP contribution is 2.29. The van der Waals surface area contributed by atoms with Gasteiger partial charge in [-0.25, -0.2) is 4.99 Å². The first-order valence-electron chi connectivity index (χ1n) is 5.53. The molecule has 0 saturated heterocycles. The van der Waals surface area contributed by atoms with Crippen molar-refractivity contribution in [2.75, 3.05) is 0 Å². The number of hydrogen-bond acceptors (Lipinski definition) is 1. The van der Waals surface area contributed by atoms with Crippen molar-refractivity contribution in [1.29, 1.82) is 0 Å². The van der Waals surface area contributed by atoms with E-state index in [0.717, 1.165) is 12.1 Å². The fraction of sp³-hybridized carbons (Fsp3) is 0.0714. The van der Waals surface area contributed by atoms with E-state index in [9.17, 15) is 13.2 Å². The Morgan fingerprint density at radius 2 is 1.47 bits per heavy atom. The van der Waals surface area contributed by atoms with Crippen LogP contribution in [0.4, 0.5) is 18.9 Å². The van der Waals surface area contributed by atoms with Crippen molar-refractivity contribution in [3.05, 3.63) is 65.7 Å². The molecule has 0 unspecified atom stereocenters. The van der Waals surface area contributed by atoms with Crippen LogP contribution >= 0.6 is 0 Å². The number of para-hydroxylation sites is 1. The topological polar surface area (TPSA) is 38.4 Å². The summed E-state index contributed by atoms with van der Waals surface area (Å²) in [6.45, 7) is 0. The molecule has 0 aromatic heterocycles. The standard InChI is InChI=1S/C14H11F3N2/c15-14(16,17)11-8-6-10(7-9-11)13(18)19-12-4-2-1-3-5-12/h1-9H,(H2,18,19). The second-order valence-electron chi connectivity index (χ2n) is 3.91. The first kappa shape index (κ1) is 13.1. The van der Waals surface area contributed by atoms with Gasteiger partial charge in [-0.3, -0.25) is 0 Å². The first-order valence-corrected chi connectivity index (χ1v) is 5.53. The Hall–Kier alpha value is -2.30. The molecular formula is C14H11F3N2. The molecule has 0 saturated carbocycles. The van der Waals surface area contributed by atoms with E-state index in [2.05, 4.69) is 4.99 Å². The zero-order valence-corrected chi connectivity index (χ0v) is 9.85. The van der Waals surface area contributed by atoms with E-state index in [-0.39, 0.29) is 5.84 Å². The van der Waals surface area contributed by atoms with Gasteiger partial charge in [-0.05, 0) is 24.3 Å². The van der Waals surface area contributed by atoms with Gasteiger partial charge in [0, 0.05) is 5.56 Å². The van der Waals surface area contributed by atoms with Gasteiger partial charge in [-0.1, -0.05) is 30.3 Å². The summed E-state index contributed by atoms with van der Waals surface area (Å²) in [6.07, 6.45) is -4.34. The molecule has 19 heavy (non-hydrogen) atoms. The second kappa shape index (κ2) is 5.14. The molecule has 2 aromatic rings. The Balaban J connectivity index is 2.25. The molecule has 0 radical (unpaired) electrons. The maximum atomic E-state index is 12.4. The van der Waals surface area contributed by atoms with E-state index in [1.54, 1.807) is 24.3 Å². The molecule has 2 aromatic carbocycles. The molecule has 2 nitrogen and oxygen atoms in total. The van der Waals surface area contributed by atoms with Crippen LogP contribution in [-0.4, -0.2) is 5.84 Å². The normalized spacial score (nSPS) is 12.5. The van der Waals surface area contributed by atoms with E-state index < -0.39 is 11.7 Å². The quantitative estimate of drug-likeness (QED) is 0.651. The van der Waals surface area contributed by atoms with Crippen LogP contribution in [0.25, 0.3) is 0 Å². The fourth-order valence-electron chi connectivity index (χ4n) is 1.54. The van der Waals surface area contributed by atoms with Crippen LogP contribution in [0.15, 0.2) is 59.6 Å². The zero-order chi connectivity index (χ0) is 13.9. The third kappa shape index (κ3) is 3.34.